The molecule has 82 valence electrons. The summed E-state index contributed by atoms with van der Waals surface area (Å²) in [5.74, 6) is 0.110. The molecule has 16 heavy (non-hydrogen) atoms. The van der Waals surface area contributed by atoms with Gasteiger partial charge in [-0.25, -0.2) is 4.98 Å². The summed E-state index contributed by atoms with van der Waals surface area (Å²) in [5, 5.41) is 12.2. The van der Waals surface area contributed by atoms with Gasteiger partial charge in [0.25, 0.3) is 0 Å². The molecule has 0 aliphatic heterocycles. The molecule has 2 aromatic heterocycles. The number of aromatic nitrogens is 2. The zero-order chi connectivity index (χ0) is 11.0. The summed E-state index contributed by atoms with van der Waals surface area (Å²) in [7, 11) is 0. The minimum atomic E-state index is -0.512. The smallest absolute Gasteiger partial charge is 0.105 e. The average Bonchev–Trinajstić information content (AvgIpc) is 2.98. The molecule has 2 heterocycles. The lowest BCUT2D eigenvalue weighted by Crippen LogP contribution is -2.09. The molecule has 2 aromatic rings. The Morgan fingerprint density at radius 3 is 3.19 bits per heavy atom. The number of aliphatic hydroxyl groups is 1. The van der Waals surface area contributed by atoms with Crippen LogP contribution in [0.2, 0.25) is 0 Å². The fraction of sp³-hybridized carbons (Fsp3) is 0.333. The monoisotopic (exact) mass is 232 g/mol. The van der Waals surface area contributed by atoms with E-state index in [0.29, 0.717) is 0 Å². The summed E-state index contributed by atoms with van der Waals surface area (Å²) >= 11 is 1.52. The third-order valence-corrected chi connectivity index (χ3v) is 3.74. The Bertz CT molecular complexity index is 484. The summed E-state index contributed by atoms with van der Waals surface area (Å²) in [6.07, 6.45) is 3.26. The molecule has 2 atom stereocenters. The molecular weight excluding hydrogens is 220 g/mol. The molecule has 2 unspecified atom stereocenters. The highest BCUT2D eigenvalue weighted by Gasteiger charge is 2.31. The van der Waals surface area contributed by atoms with Crippen LogP contribution >= 0.6 is 11.3 Å². The summed E-state index contributed by atoms with van der Waals surface area (Å²) in [4.78, 5) is 8.56. The standard InChI is InChI=1S/C12H12N2OS/c15-12(10-6-16-7-14-10)9-4-3-8-2-1-5-13-11(8)9/h1-2,5-7,9,12,15H,3-4H2. The van der Waals surface area contributed by atoms with Gasteiger partial charge in [0.2, 0.25) is 0 Å². The highest BCUT2D eigenvalue weighted by molar-refractivity contribution is 7.07. The number of hydrogen-bond acceptors (Lipinski definition) is 4. The molecule has 0 fully saturated rings. The molecule has 4 heteroatoms. The quantitative estimate of drug-likeness (QED) is 0.864. The average molecular weight is 232 g/mol. The molecule has 0 saturated carbocycles. The summed E-state index contributed by atoms with van der Waals surface area (Å²) in [6.45, 7) is 0. The van der Waals surface area contributed by atoms with Crippen LogP contribution in [0.3, 0.4) is 0 Å². The number of aliphatic hydroxyl groups excluding tert-OH is 1. The minimum absolute atomic E-state index is 0.110. The Morgan fingerprint density at radius 2 is 2.38 bits per heavy atom. The second-order valence-electron chi connectivity index (χ2n) is 4.05. The van der Waals surface area contributed by atoms with Crippen molar-refractivity contribution in [2.45, 2.75) is 24.9 Å². The van der Waals surface area contributed by atoms with Crippen LogP contribution in [-0.2, 0) is 6.42 Å². The Hall–Kier alpha value is -1.26. The lowest BCUT2D eigenvalue weighted by atomic mass is 9.97. The molecular formula is C12H12N2OS. The van der Waals surface area contributed by atoms with E-state index in [1.165, 1.54) is 16.9 Å². The number of pyridine rings is 1. The van der Waals surface area contributed by atoms with E-state index < -0.39 is 6.10 Å². The van der Waals surface area contributed by atoms with Gasteiger partial charge in [0.1, 0.15) is 6.10 Å². The maximum Gasteiger partial charge on any atom is 0.105 e. The number of nitrogens with zero attached hydrogens (tertiary/aromatic N) is 2. The van der Waals surface area contributed by atoms with E-state index in [9.17, 15) is 5.11 Å². The largest absolute Gasteiger partial charge is 0.386 e. The zero-order valence-corrected chi connectivity index (χ0v) is 9.52. The van der Waals surface area contributed by atoms with Crippen molar-refractivity contribution < 1.29 is 5.11 Å². The van der Waals surface area contributed by atoms with Gasteiger partial charge < -0.3 is 5.11 Å². The topological polar surface area (TPSA) is 46.0 Å². The van der Waals surface area contributed by atoms with E-state index in [2.05, 4.69) is 16.0 Å². The SMILES string of the molecule is OC(c1cscn1)C1CCc2cccnc21. The first kappa shape index (κ1) is 9.93. The van der Waals surface area contributed by atoms with Crippen molar-refractivity contribution in [1.82, 2.24) is 9.97 Å². The van der Waals surface area contributed by atoms with Gasteiger partial charge in [-0.05, 0) is 24.5 Å². The lowest BCUT2D eigenvalue weighted by Gasteiger charge is -2.16. The van der Waals surface area contributed by atoms with Crippen LogP contribution in [-0.4, -0.2) is 15.1 Å². The second kappa shape index (κ2) is 3.96. The molecule has 3 rings (SSSR count). The Kier molecular flexibility index (Phi) is 2.46. The van der Waals surface area contributed by atoms with Crippen molar-refractivity contribution >= 4 is 11.3 Å². The number of hydrogen-bond donors (Lipinski definition) is 1. The number of fused-ring (bicyclic) bond motifs is 1. The van der Waals surface area contributed by atoms with Crippen LogP contribution in [0.25, 0.3) is 0 Å². The maximum absolute atomic E-state index is 10.3. The predicted molar refractivity (Wildman–Crippen MR) is 62.4 cm³/mol. The highest BCUT2D eigenvalue weighted by Crippen LogP contribution is 2.39. The Morgan fingerprint density at radius 1 is 1.44 bits per heavy atom. The van der Waals surface area contributed by atoms with Crippen molar-refractivity contribution in [3.05, 3.63) is 46.2 Å². The van der Waals surface area contributed by atoms with Gasteiger partial charge in [-0.15, -0.1) is 11.3 Å². The first-order chi connectivity index (χ1) is 7.86. The Balaban J connectivity index is 1.93. The molecule has 1 aliphatic rings. The van der Waals surface area contributed by atoms with Crippen molar-refractivity contribution in [3.8, 4) is 0 Å². The maximum atomic E-state index is 10.3. The van der Waals surface area contributed by atoms with Crippen LogP contribution in [0, 0.1) is 0 Å². The van der Waals surface area contributed by atoms with Crippen LogP contribution in [0.5, 0.6) is 0 Å². The molecule has 0 bridgehead atoms. The molecule has 1 N–H and O–H groups in total. The fourth-order valence-electron chi connectivity index (χ4n) is 2.33. The van der Waals surface area contributed by atoms with E-state index in [-0.39, 0.29) is 5.92 Å². The van der Waals surface area contributed by atoms with Crippen LogP contribution < -0.4 is 0 Å². The van der Waals surface area contributed by atoms with Crippen LogP contribution in [0.15, 0.2) is 29.2 Å². The lowest BCUT2D eigenvalue weighted by molar-refractivity contribution is 0.139. The summed E-state index contributed by atoms with van der Waals surface area (Å²) < 4.78 is 0. The van der Waals surface area contributed by atoms with Crippen molar-refractivity contribution in [1.29, 1.82) is 0 Å². The third kappa shape index (κ3) is 1.54. The first-order valence-electron chi connectivity index (χ1n) is 5.36. The molecule has 1 aliphatic carbocycles. The van der Waals surface area contributed by atoms with Crippen LogP contribution in [0.1, 0.15) is 35.4 Å². The third-order valence-electron chi connectivity index (χ3n) is 3.14. The van der Waals surface area contributed by atoms with E-state index >= 15 is 0 Å². The van der Waals surface area contributed by atoms with Gasteiger partial charge in [0.15, 0.2) is 0 Å². The van der Waals surface area contributed by atoms with Crippen molar-refractivity contribution in [3.63, 3.8) is 0 Å². The molecule has 0 spiro atoms. The molecule has 0 amide bonds. The van der Waals surface area contributed by atoms with Crippen molar-refractivity contribution in [2.75, 3.05) is 0 Å². The van der Waals surface area contributed by atoms with Crippen LogP contribution in [0.4, 0.5) is 0 Å². The van der Waals surface area contributed by atoms with E-state index in [1.54, 1.807) is 11.7 Å². The first-order valence-corrected chi connectivity index (χ1v) is 6.30. The zero-order valence-electron chi connectivity index (χ0n) is 8.71. The normalized spacial score (nSPS) is 20.7. The van der Waals surface area contributed by atoms with Gasteiger partial charge >= 0.3 is 0 Å². The van der Waals surface area contributed by atoms with Gasteiger partial charge in [0.05, 0.1) is 11.2 Å². The predicted octanol–water partition coefficient (Wildman–Crippen LogP) is 2.30. The Labute approximate surface area is 97.8 Å². The van der Waals surface area contributed by atoms with E-state index in [4.69, 9.17) is 0 Å². The second-order valence-corrected chi connectivity index (χ2v) is 4.77. The summed E-state index contributed by atoms with van der Waals surface area (Å²) in [5.41, 5.74) is 4.84. The number of thiazole rings is 1. The molecule has 3 nitrogen and oxygen atoms in total. The van der Waals surface area contributed by atoms with E-state index in [0.717, 1.165) is 24.2 Å². The van der Waals surface area contributed by atoms with Gasteiger partial charge in [0, 0.05) is 23.2 Å². The summed E-state index contributed by atoms with van der Waals surface area (Å²) in [6, 6.07) is 4.05. The molecule has 0 saturated heterocycles. The highest BCUT2D eigenvalue weighted by atomic mass is 32.1. The van der Waals surface area contributed by atoms with Gasteiger partial charge in [-0.3, -0.25) is 4.98 Å². The molecule has 0 aromatic carbocycles. The van der Waals surface area contributed by atoms with Gasteiger partial charge in [-0.2, -0.15) is 0 Å². The minimum Gasteiger partial charge on any atom is -0.386 e. The van der Waals surface area contributed by atoms with Gasteiger partial charge in [-0.1, -0.05) is 6.07 Å². The molecule has 0 radical (unpaired) electrons. The van der Waals surface area contributed by atoms with Crippen molar-refractivity contribution in [2.24, 2.45) is 0 Å². The number of aryl methyl sites for hydroxylation is 1. The number of rotatable bonds is 2. The van der Waals surface area contributed by atoms with E-state index in [1.807, 2.05) is 11.4 Å². The fourth-order valence-corrected chi connectivity index (χ4v) is 2.91.